The first-order valence-electron chi connectivity index (χ1n) is 8.11. The van der Waals surface area contributed by atoms with Gasteiger partial charge in [-0.2, -0.15) is 9.61 Å². The Balaban J connectivity index is 1.73. The van der Waals surface area contributed by atoms with E-state index in [1.807, 2.05) is 41.0 Å². The Bertz CT molecular complexity index is 1030. The summed E-state index contributed by atoms with van der Waals surface area (Å²) in [5.41, 5.74) is 2.60. The topological polar surface area (TPSA) is 60.7 Å². The first-order valence-corrected chi connectivity index (χ1v) is 8.99. The van der Waals surface area contributed by atoms with Crippen molar-refractivity contribution >= 4 is 22.8 Å². The van der Waals surface area contributed by atoms with Crippen molar-refractivity contribution in [3.05, 3.63) is 59.0 Å². The molecular formula is C19H18N4O2S. The van der Waals surface area contributed by atoms with E-state index in [0.717, 1.165) is 40.6 Å². The van der Waals surface area contributed by atoms with Gasteiger partial charge < -0.3 is 14.8 Å². The lowest BCUT2D eigenvalue weighted by atomic mass is 10.1. The quantitative estimate of drug-likeness (QED) is 0.557. The van der Waals surface area contributed by atoms with Crippen molar-refractivity contribution in [3.63, 3.8) is 0 Å². The number of nitrogens with one attached hydrogen (secondary N) is 1. The number of ether oxygens (including phenoxy) is 2. The summed E-state index contributed by atoms with van der Waals surface area (Å²) in [6.07, 6.45) is 3.59. The van der Waals surface area contributed by atoms with Crippen LogP contribution in [0, 0.1) is 0 Å². The van der Waals surface area contributed by atoms with Crippen molar-refractivity contribution in [2.24, 2.45) is 0 Å². The number of anilines is 1. The van der Waals surface area contributed by atoms with Gasteiger partial charge in [-0.25, -0.2) is 4.98 Å². The van der Waals surface area contributed by atoms with Gasteiger partial charge in [0.1, 0.15) is 17.3 Å². The van der Waals surface area contributed by atoms with Gasteiger partial charge in [0, 0.05) is 22.7 Å². The van der Waals surface area contributed by atoms with Crippen LogP contribution >= 0.6 is 11.3 Å². The minimum atomic E-state index is 0.720. The lowest BCUT2D eigenvalue weighted by Crippen LogP contribution is -2.04. The summed E-state index contributed by atoms with van der Waals surface area (Å²) < 4.78 is 12.6. The lowest BCUT2D eigenvalue weighted by molar-refractivity contribution is 0.395. The molecule has 1 N–H and O–H groups in total. The number of nitrogens with zero attached hydrogens (tertiary/aromatic N) is 3. The normalized spacial score (nSPS) is 10.8. The van der Waals surface area contributed by atoms with Gasteiger partial charge >= 0.3 is 0 Å². The fourth-order valence-corrected chi connectivity index (χ4v) is 3.47. The zero-order valence-corrected chi connectivity index (χ0v) is 15.3. The Hall–Kier alpha value is -3.06. The van der Waals surface area contributed by atoms with Crippen LogP contribution in [0.1, 0.15) is 4.88 Å². The molecule has 0 radical (unpaired) electrons. The van der Waals surface area contributed by atoms with Crippen LogP contribution in [-0.4, -0.2) is 28.8 Å². The zero-order valence-electron chi connectivity index (χ0n) is 14.5. The number of aromatic nitrogens is 3. The molecule has 0 saturated heterocycles. The van der Waals surface area contributed by atoms with Crippen LogP contribution in [0.2, 0.25) is 0 Å². The minimum Gasteiger partial charge on any atom is -0.497 e. The van der Waals surface area contributed by atoms with Crippen molar-refractivity contribution in [1.82, 2.24) is 14.6 Å². The van der Waals surface area contributed by atoms with E-state index in [1.54, 1.807) is 31.8 Å². The first-order chi connectivity index (χ1) is 12.8. The van der Waals surface area contributed by atoms with E-state index in [2.05, 4.69) is 26.8 Å². The van der Waals surface area contributed by atoms with Crippen molar-refractivity contribution in [1.29, 1.82) is 0 Å². The van der Waals surface area contributed by atoms with E-state index in [4.69, 9.17) is 9.47 Å². The fraction of sp³-hybridized carbons (Fsp3) is 0.158. The Labute approximate surface area is 155 Å². The third-order valence-corrected chi connectivity index (χ3v) is 5.00. The van der Waals surface area contributed by atoms with E-state index >= 15 is 0 Å². The Kier molecular flexibility index (Phi) is 4.45. The molecule has 0 amide bonds. The molecule has 6 nitrogen and oxygen atoms in total. The van der Waals surface area contributed by atoms with E-state index in [0.29, 0.717) is 0 Å². The number of hydrogen-bond donors (Lipinski definition) is 1. The molecule has 0 unspecified atom stereocenters. The highest BCUT2D eigenvalue weighted by Gasteiger charge is 2.15. The molecule has 0 saturated carbocycles. The third kappa shape index (κ3) is 2.97. The first kappa shape index (κ1) is 16.4. The molecule has 0 aliphatic rings. The summed E-state index contributed by atoms with van der Waals surface area (Å²) in [5, 5.41) is 10.0. The van der Waals surface area contributed by atoms with E-state index < -0.39 is 0 Å². The van der Waals surface area contributed by atoms with Gasteiger partial charge in [0.05, 0.1) is 32.5 Å². The summed E-state index contributed by atoms with van der Waals surface area (Å²) in [7, 11) is 3.28. The van der Waals surface area contributed by atoms with E-state index in [-0.39, 0.29) is 0 Å². The molecule has 0 bridgehead atoms. The molecular weight excluding hydrogens is 348 g/mol. The van der Waals surface area contributed by atoms with Gasteiger partial charge in [-0.05, 0) is 29.6 Å². The molecule has 0 aliphatic heterocycles. The molecule has 4 aromatic rings. The highest BCUT2D eigenvalue weighted by Crippen LogP contribution is 2.35. The maximum atomic E-state index is 5.53. The molecule has 0 fully saturated rings. The highest BCUT2D eigenvalue weighted by atomic mass is 32.1. The van der Waals surface area contributed by atoms with E-state index in [1.165, 1.54) is 4.88 Å². The van der Waals surface area contributed by atoms with Gasteiger partial charge in [0.2, 0.25) is 0 Å². The lowest BCUT2D eigenvalue weighted by Gasteiger charge is -2.10. The number of benzene rings is 1. The van der Waals surface area contributed by atoms with Crippen LogP contribution < -0.4 is 14.8 Å². The van der Waals surface area contributed by atoms with Crippen LogP contribution in [0.5, 0.6) is 11.5 Å². The summed E-state index contributed by atoms with van der Waals surface area (Å²) >= 11 is 1.72. The summed E-state index contributed by atoms with van der Waals surface area (Å²) in [6, 6.07) is 11.8. The Morgan fingerprint density at radius 1 is 1.12 bits per heavy atom. The maximum absolute atomic E-state index is 5.53. The predicted molar refractivity (Wildman–Crippen MR) is 103 cm³/mol. The number of hydrogen-bond acceptors (Lipinski definition) is 6. The van der Waals surface area contributed by atoms with Gasteiger partial charge in [-0.1, -0.05) is 6.07 Å². The van der Waals surface area contributed by atoms with Gasteiger partial charge in [0.15, 0.2) is 5.65 Å². The summed E-state index contributed by atoms with van der Waals surface area (Å²) in [6.45, 7) is 0.748. The van der Waals surface area contributed by atoms with Gasteiger partial charge in [-0.3, -0.25) is 0 Å². The number of methoxy groups -OCH3 is 2. The Morgan fingerprint density at radius 2 is 2.04 bits per heavy atom. The standard InChI is InChI=1S/C19H18N4O2S/c1-24-13-5-6-15(17(10-13)25-2)16-12-22-23-18(7-8-20-19(16)23)21-11-14-4-3-9-26-14/h3-10,12,21H,11H2,1-2H3. The van der Waals surface area contributed by atoms with Crippen molar-refractivity contribution in [2.45, 2.75) is 6.54 Å². The van der Waals surface area contributed by atoms with Gasteiger partial charge in [-0.15, -0.1) is 11.3 Å². The molecule has 3 heterocycles. The maximum Gasteiger partial charge on any atom is 0.165 e. The molecule has 0 atom stereocenters. The van der Waals surface area contributed by atoms with Crippen molar-refractivity contribution < 1.29 is 9.47 Å². The zero-order chi connectivity index (χ0) is 17.9. The molecule has 7 heteroatoms. The second-order valence-electron chi connectivity index (χ2n) is 5.62. The predicted octanol–water partition coefficient (Wildman–Crippen LogP) is 4.09. The van der Waals surface area contributed by atoms with Crippen LogP contribution in [0.3, 0.4) is 0 Å². The van der Waals surface area contributed by atoms with Crippen LogP contribution in [0.15, 0.2) is 54.2 Å². The smallest absolute Gasteiger partial charge is 0.165 e. The second kappa shape index (κ2) is 7.05. The van der Waals surface area contributed by atoms with Crippen molar-refractivity contribution in [2.75, 3.05) is 19.5 Å². The monoisotopic (exact) mass is 366 g/mol. The summed E-state index contributed by atoms with van der Waals surface area (Å²) in [5.74, 6) is 2.36. The summed E-state index contributed by atoms with van der Waals surface area (Å²) in [4.78, 5) is 5.78. The minimum absolute atomic E-state index is 0.720. The molecule has 0 spiro atoms. The second-order valence-corrected chi connectivity index (χ2v) is 6.66. The third-order valence-electron chi connectivity index (χ3n) is 4.12. The SMILES string of the molecule is COc1ccc(-c2cnn3c(NCc4cccs4)ccnc23)c(OC)c1. The largest absolute Gasteiger partial charge is 0.497 e. The number of thiophene rings is 1. The van der Waals surface area contributed by atoms with Crippen LogP contribution in [0.4, 0.5) is 5.82 Å². The van der Waals surface area contributed by atoms with Gasteiger partial charge in [0.25, 0.3) is 0 Å². The average molecular weight is 366 g/mol. The van der Waals surface area contributed by atoms with Crippen LogP contribution in [-0.2, 0) is 6.54 Å². The average Bonchev–Trinajstić information content (AvgIpc) is 3.35. The number of fused-ring (bicyclic) bond motifs is 1. The molecule has 1 aromatic carbocycles. The highest BCUT2D eigenvalue weighted by molar-refractivity contribution is 7.09. The Morgan fingerprint density at radius 3 is 2.81 bits per heavy atom. The molecule has 0 aliphatic carbocycles. The van der Waals surface area contributed by atoms with E-state index in [9.17, 15) is 0 Å². The molecule has 132 valence electrons. The molecule has 4 rings (SSSR count). The number of rotatable bonds is 6. The molecule has 26 heavy (non-hydrogen) atoms. The van der Waals surface area contributed by atoms with Crippen molar-refractivity contribution in [3.8, 4) is 22.6 Å². The fourth-order valence-electron chi connectivity index (χ4n) is 2.83. The van der Waals surface area contributed by atoms with Crippen LogP contribution in [0.25, 0.3) is 16.8 Å². The molecule has 3 aromatic heterocycles.